The standard InChI is InChI=1S/C10H15ClN2O2/c1-4-7(10(14)15)8-5-12-13(6(2)3)9(8)11/h5-7H,4H2,1-3H3,(H,14,15). The summed E-state index contributed by atoms with van der Waals surface area (Å²) in [5.74, 6) is -1.42. The maximum Gasteiger partial charge on any atom is 0.311 e. The van der Waals surface area contributed by atoms with Gasteiger partial charge in [0.2, 0.25) is 0 Å². The molecule has 15 heavy (non-hydrogen) atoms. The summed E-state index contributed by atoms with van der Waals surface area (Å²) in [5, 5.41) is 13.5. The first-order valence-electron chi connectivity index (χ1n) is 4.94. The summed E-state index contributed by atoms with van der Waals surface area (Å²) < 4.78 is 1.63. The third kappa shape index (κ3) is 2.31. The monoisotopic (exact) mass is 230 g/mol. The van der Waals surface area contributed by atoms with Gasteiger partial charge in [0.25, 0.3) is 0 Å². The van der Waals surface area contributed by atoms with E-state index < -0.39 is 11.9 Å². The SMILES string of the molecule is CCC(C(=O)O)c1cnn(C(C)C)c1Cl. The average molecular weight is 231 g/mol. The minimum absolute atomic E-state index is 0.137. The van der Waals surface area contributed by atoms with E-state index in [0.29, 0.717) is 17.1 Å². The first-order chi connectivity index (χ1) is 6.99. The van der Waals surface area contributed by atoms with Gasteiger partial charge in [-0.2, -0.15) is 5.10 Å². The number of nitrogens with zero attached hydrogens (tertiary/aromatic N) is 2. The Morgan fingerprint density at radius 1 is 1.67 bits per heavy atom. The van der Waals surface area contributed by atoms with Crippen molar-refractivity contribution in [2.45, 2.75) is 39.2 Å². The molecule has 1 heterocycles. The van der Waals surface area contributed by atoms with Crippen LogP contribution in [0.3, 0.4) is 0 Å². The highest BCUT2D eigenvalue weighted by atomic mass is 35.5. The Morgan fingerprint density at radius 3 is 2.60 bits per heavy atom. The number of rotatable bonds is 4. The van der Waals surface area contributed by atoms with Crippen LogP contribution in [0.25, 0.3) is 0 Å². The second-order valence-electron chi connectivity index (χ2n) is 3.73. The van der Waals surface area contributed by atoms with Crippen molar-refractivity contribution < 1.29 is 9.90 Å². The van der Waals surface area contributed by atoms with E-state index in [-0.39, 0.29) is 6.04 Å². The van der Waals surface area contributed by atoms with Gasteiger partial charge < -0.3 is 5.11 Å². The van der Waals surface area contributed by atoms with Gasteiger partial charge in [-0.3, -0.25) is 9.48 Å². The van der Waals surface area contributed by atoms with Gasteiger partial charge in [0.05, 0.1) is 12.1 Å². The minimum Gasteiger partial charge on any atom is -0.481 e. The van der Waals surface area contributed by atoms with Crippen molar-refractivity contribution in [3.8, 4) is 0 Å². The van der Waals surface area contributed by atoms with Crippen LogP contribution in [0.15, 0.2) is 6.20 Å². The number of aromatic nitrogens is 2. The van der Waals surface area contributed by atoms with E-state index in [9.17, 15) is 4.79 Å². The maximum absolute atomic E-state index is 11.0. The van der Waals surface area contributed by atoms with Crippen molar-refractivity contribution in [2.24, 2.45) is 0 Å². The smallest absolute Gasteiger partial charge is 0.311 e. The molecule has 1 aromatic heterocycles. The van der Waals surface area contributed by atoms with E-state index in [1.54, 1.807) is 10.9 Å². The molecule has 0 aliphatic carbocycles. The van der Waals surface area contributed by atoms with Gasteiger partial charge in [-0.05, 0) is 20.3 Å². The van der Waals surface area contributed by atoms with E-state index in [0.717, 1.165) is 0 Å². The Labute approximate surface area is 93.9 Å². The molecule has 0 spiro atoms. The van der Waals surface area contributed by atoms with Crippen molar-refractivity contribution in [1.29, 1.82) is 0 Å². The lowest BCUT2D eigenvalue weighted by Crippen LogP contribution is -2.11. The molecule has 0 saturated carbocycles. The average Bonchev–Trinajstić information content (AvgIpc) is 2.49. The van der Waals surface area contributed by atoms with Gasteiger partial charge in [0.15, 0.2) is 0 Å². The lowest BCUT2D eigenvalue weighted by atomic mass is 10.0. The molecule has 0 bridgehead atoms. The van der Waals surface area contributed by atoms with E-state index in [2.05, 4.69) is 5.10 Å². The van der Waals surface area contributed by atoms with Crippen LogP contribution in [0, 0.1) is 0 Å². The predicted octanol–water partition coefficient (Wildman–Crippen LogP) is 2.70. The Balaban J connectivity index is 3.09. The van der Waals surface area contributed by atoms with Crippen LogP contribution in [0.5, 0.6) is 0 Å². The van der Waals surface area contributed by atoms with Crippen LogP contribution < -0.4 is 0 Å². The molecular weight excluding hydrogens is 216 g/mol. The highest BCUT2D eigenvalue weighted by Gasteiger charge is 2.23. The molecule has 0 fully saturated rings. The lowest BCUT2D eigenvalue weighted by molar-refractivity contribution is -0.138. The number of halogens is 1. The molecule has 0 aliphatic rings. The highest BCUT2D eigenvalue weighted by Crippen LogP contribution is 2.28. The molecule has 0 aromatic carbocycles. The van der Waals surface area contributed by atoms with Gasteiger partial charge in [-0.1, -0.05) is 18.5 Å². The molecule has 1 rings (SSSR count). The number of aliphatic carboxylic acids is 1. The van der Waals surface area contributed by atoms with Crippen molar-refractivity contribution in [3.05, 3.63) is 16.9 Å². The summed E-state index contributed by atoms with van der Waals surface area (Å²) in [4.78, 5) is 11.0. The fourth-order valence-electron chi connectivity index (χ4n) is 1.48. The van der Waals surface area contributed by atoms with E-state index in [1.807, 2.05) is 20.8 Å². The quantitative estimate of drug-likeness (QED) is 0.865. The number of carbonyl (C=O) groups is 1. The van der Waals surface area contributed by atoms with Gasteiger partial charge >= 0.3 is 5.97 Å². The molecule has 0 saturated heterocycles. The molecule has 0 aliphatic heterocycles. The van der Waals surface area contributed by atoms with Crippen molar-refractivity contribution in [2.75, 3.05) is 0 Å². The number of carboxylic acids is 1. The zero-order chi connectivity index (χ0) is 11.6. The minimum atomic E-state index is -0.859. The first-order valence-corrected chi connectivity index (χ1v) is 5.32. The topological polar surface area (TPSA) is 55.1 Å². The molecule has 0 amide bonds. The zero-order valence-electron chi connectivity index (χ0n) is 9.07. The van der Waals surface area contributed by atoms with Gasteiger partial charge in [0, 0.05) is 11.6 Å². The summed E-state index contributed by atoms with van der Waals surface area (Å²) in [7, 11) is 0. The van der Waals surface area contributed by atoms with Gasteiger partial charge in [-0.25, -0.2) is 0 Å². The summed E-state index contributed by atoms with van der Waals surface area (Å²) in [6.07, 6.45) is 2.06. The fraction of sp³-hybridized carbons (Fsp3) is 0.600. The van der Waals surface area contributed by atoms with Crippen molar-refractivity contribution in [1.82, 2.24) is 9.78 Å². The van der Waals surface area contributed by atoms with Crippen LogP contribution in [0.2, 0.25) is 5.15 Å². The van der Waals surface area contributed by atoms with Gasteiger partial charge in [0.1, 0.15) is 5.15 Å². The molecule has 4 nitrogen and oxygen atoms in total. The van der Waals surface area contributed by atoms with Crippen LogP contribution in [-0.2, 0) is 4.79 Å². The summed E-state index contributed by atoms with van der Waals surface area (Å²) in [6, 6.07) is 0.137. The third-order valence-corrected chi connectivity index (χ3v) is 2.72. The number of hydrogen-bond acceptors (Lipinski definition) is 2. The Bertz CT molecular complexity index is 360. The molecule has 1 unspecified atom stereocenters. The molecule has 1 N–H and O–H groups in total. The van der Waals surface area contributed by atoms with Gasteiger partial charge in [-0.15, -0.1) is 0 Å². The molecule has 5 heteroatoms. The first kappa shape index (κ1) is 12.0. The largest absolute Gasteiger partial charge is 0.481 e. The van der Waals surface area contributed by atoms with Crippen LogP contribution in [0.1, 0.15) is 44.7 Å². The van der Waals surface area contributed by atoms with Crippen molar-refractivity contribution in [3.63, 3.8) is 0 Å². The molecular formula is C10H15ClN2O2. The Kier molecular flexibility index (Phi) is 3.74. The van der Waals surface area contributed by atoms with Crippen LogP contribution >= 0.6 is 11.6 Å². The number of hydrogen-bond donors (Lipinski definition) is 1. The van der Waals surface area contributed by atoms with E-state index in [4.69, 9.17) is 16.7 Å². The summed E-state index contributed by atoms with van der Waals surface area (Å²) in [6.45, 7) is 5.72. The predicted molar refractivity (Wildman–Crippen MR) is 58.3 cm³/mol. The Morgan fingerprint density at radius 2 is 2.27 bits per heavy atom. The lowest BCUT2D eigenvalue weighted by Gasteiger charge is -2.10. The molecule has 1 aromatic rings. The van der Waals surface area contributed by atoms with E-state index in [1.165, 1.54) is 0 Å². The number of carboxylic acid groups (broad SMARTS) is 1. The van der Waals surface area contributed by atoms with Crippen molar-refractivity contribution >= 4 is 17.6 Å². The Hall–Kier alpha value is -1.03. The second-order valence-corrected chi connectivity index (χ2v) is 4.09. The molecule has 0 radical (unpaired) electrons. The van der Waals surface area contributed by atoms with Crippen LogP contribution in [0.4, 0.5) is 0 Å². The zero-order valence-corrected chi connectivity index (χ0v) is 9.82. The van der Waals surface area contributed by atoms with Crippen LogP contribution in [-0.4, -0.2) is 20.9 Å². The summed E-state index contributed by atoms with van der Waals surface area (Å²) in [5.41, 5.74) is 0.598. The molecule has 1 atom stereocenters. The highest BCUT2D eigenvalue weighted by molar-refractivity contribution is 6.30. The van der Waals surface area contributed by atoms with E-state index >= 15 is 0 Å². The second kappa shape index (κ2) is 4.66. The maximum atomic E-state index is 11.0. The third-order valence-electron chi connectivity index (χ3n) is 2.33. The normalized spacial score (nSPS) is 13.1. The fourth-order valence-corrected chi connectivity index (χ4v) is 1.90. The summed E-state index contributed by atoms with van der Waals surface area (Å²) >= 11 is 6.07. The molecule has 84 valence electrons.